The molecule has 0 aliphatic carbocycles. The van der Waals surface area contributed by atoms with Gasteiger partial charge in [-0.2, -0.15) is 0 Å². The largest absolute Gasteiger partial charge is 0.494 e. The maximum Gasteiger partial charge on any atom is 0.252 e. The number of benzene rings is 5. The summed E-state index contributed by atoms with van der Waals surface area (Å²) in [6, 6.07) is 38.7. The third-order valence-corrected chi connectivity index (χ3v) is 8.58. The Bertz CT molecular complexity index is 2000. The molecule has 0 fully saturated rings. The number of carbonyl (C=O) groups excluding carboxylic acids is 1. The molecule has 0 unspecified atom stereocenters. The molecular weight excluding hydrogens is 633 g/mol. The van der Waals surface area contributed by atoms with E-state index in [1.54, 1.807) is 24.3 Å². The highest BCUT2D eigenvalue weighted by Gasteiger charge is 2.53. The first kappa shape index (κ1) is 33.9. The van der Waals surface area contributed by atoms with Gasteiger partial charge in [-0.1, -0.05) is 96.1 Å². The van der Waals surface area contributed by atoms with Gasteiger partial charge < -0.3 is 19.9 Å². The summed E-state index contributed by atoms with van der Waals surface area (Å²) in [4.78, 5) is 22.7. The van der Waals surface area contributed by atoms with Gasteiger partial charge in [0, 0.05) is 36.5 Å². The van der Waals surface area contributed by atoms with Crippen LogP contribution in [-0.4, -0.2) is 35.7 Å². The van der Waals surface area contributed by atoms with Crippen molar-refractivity contribution >= 4 is 11.8 Å². The Kier molecular flexibility index (Phi) is 10.8. The van der Waals surface area contributed by atoms with Gasteiger partial charge in [-0.25, -0.2) is 9.38 Å². The van der Waals surface area contributed by atoms with Crippen LogP contribution in [0.4, 0.5) is 4.39 Å². The van der Waals surface area contributed by atoms with Gasteiger partial charge in [0.25, 0.3) is 5.91 Å². The Balaban J connectivity index is 1.44. The molecule has 10 heteroatoms. The number of amides is 1. The summed E-state index contributed by atoms with van der Waals surface area (Å²) in [6.45, 7) is 0.576. The number of hydrogen-bond donors (Lipinski definition) is 2. The quantitative estimate of drug-likeness (QED) is 0.0539. The molecule has 252 valence electrons. The van der Waals surface area contributed by atoms with Crippen LogP contribution >= 0.6 is 0 Å². The Morgan fingerprint density at radius 2 is 1.60 bits per heavy atom. The lowest BCUT2D eigenvalue weighted by molar-refractivity contribution is -0.129. The number of aliphatic hydroxyl groups is 1. The molecular formula is C40H36FN5O4. The lowest BCUT2D eigenvalue weighted by Gasteiger charge is -2.31. The van der Waals surface area contributed by atoms with Crippen molar-refractivity contribution in [1.82, 2.24) is 5.32 Å². The molecule has 0 bridgehead atoms. The average molecular weight is 670 g/mol. The molecule has 5 aromatic rings. The normalized spacial score (nSPS) is 16.5. The fraction of sp³-hybridized carbons (Fsp3) is 0.200. The molecule has 1 aliphatic heterocycles. The summed E-state index contributed by atoms with van der Waals surface area (Å²) in [7, 11) is 0. The molecule has 0 spiro atoms. The zero-order chi connectivity index (χ0) is 34.8. The maximum absolute atomic E-state index is 14.7. The Morgan fingerprint density at radius 3 is 2.32 bits per heavy atom. The monoisotopic (exact) mass is 669 g/mol. The fourth-order valence-electron chi connectivity index (χ4n) is 6.03. The van der Waals surface area contributed by atoms with Crippen molar-refractivity contribution in [2.45, 2.75) is 37.6 Å². The summed E-state index contributed by atoms with van der Waals surface area (Å²) >= 11 is 0. The van der Waals surface area contributed by atoms with Gasteiger partial charge in [-0.3, -0.25) is 4.79 Å². The van der Waals surface area contributed by atoms with Crippen LogP contribution in [0.5, 0.6) is 5.75 Å². The van der Waals surface area contributed by atoms with Crippen LogP contribution in [0.1, 0.15) is 40.3 Å². The van der Waals surface area contributed by atoms with Crippen molar-refractivity contribution < 1.29 is 23.8 Å². The molecule has 6 rings (SSSR count). The van der Waals surface area contributed by atoms with E-state index in [9.17, 15) is 9.18 Å². The molecule has 2 atom stereocenters. The van der Waals surface area contributed by atoms with Crippen LogP contribution < -0.4 is 10.1 Å². The second-order valence-corrected chi connectivity index (χ2v) is 11.9. The number of azide groups is 1. The van der Waals surface area contributed by atoms with Crippen molar-refractivity contribution in [3.05, 3.63) is 171 Å². The zero-order valence-corrected chi connectivity index (χ0v) is 27.3. The number of rotatable bonds is 14. The smallest absolute Gasteiger partial charge is 0.252 e. The van der Waals surface area contributed by atoms with Crippen molar-refractivity contribution in [2.24, 2.45) is 10.1 Å². The van der Waals surface area contributed by atoms with Crippen molar-refractivity contribution in [3.63, 3.8) is 0 Å². The summed E-state index contributed by atoms with van der Waals surface area (Å²) in [5.41, 5.74) is 13.1. The minimum absolute atomic E-state index is 0.0335. The molecule has 0 radical (unpaired) electrons. The Morgan fingerprint density at radius 1 is 0.900 bits per heavy atom. The summed E-state index contributed by atoms with van der Waals surface area (Å²) < 4.78 is 26.5. The molecule has 5 aromatic carbocycles. The van der Waals surface area contributed by atoms with E-state index in [2.05, 4.69) is 15.3 Å². The standard InChI is InChI=1S/C40H36FN5O4/c41-35-13-6-8-28(24-35)26-43-39(48)40(25-33-11-4-5-12-34(33)27-44-46-42)37(31-16-14-30(15-17-31)29-9-2-1-3-10-29)50-38(45-40)32-18-20-36(21-19-32)49-23-7-22-47/h1-6,8-21,24,37,47H,7,22-23,25-27H2,(H,43,48)/t37-,40-/m1/s1. The van der Waals surface area contributed by atoms with Crippen LogP contribution in [0.2, 0.25) is 0 Å². The third kappa shape index (κ3) is 7.84. The molecule has 9 nitrogen and oxygen atoms in total. The molecule has 50 heavy (non-hydrogen) atoms. The Hall–Kier alpha value is -5.96. The SMILES string of the molecule is [N-]=[N+]=NCc1ccccc1C[C@@]1(C(=O)NCc2cccc(F)c2)N=C(c2ccc(OCCCO)cc2)O[C@@H]1c1ccc(-c2ccccc2)cc1. The molecule has 1 heterocycles. The highest BCUT2D eigenvalue weighted by molar-refractivity contribution is 6.01. The summed E-state index contributed by atoms with van der Waals surface area (Å²) in [5.74, 6) is 0.0944. The topological polar surface area (TPSA) is 129 Å². The first-order valence-corrected chi connectivity index (χ1v) is 16.4. The third-order valence-electron chi connectivity index (χ3n) is 8.58. The summed E-state index contributed by atoms with van der Waals surface area (Å²) in [6.07, 6.45) is -0.227. The molecule has 0 saturated carbocycles. The van der Waals surface area contributed by atoms with Crippen LogP contribution in [0.3, 0.4) is 0 Å². The predicted molar refractivity (Wildman–Crippen MR) is 190 cm³/mol. The van der Waals surface area contributed by atoms with E-state index in [0.29, 0.717) is 29.9 Å². The van der Waals surface area contributed by atoms with Gasteiger partial charge in [0.15, 0.2) is 11.6 Å². The molecule has 1 amide bonds. The predicted octanol–water partition coefficient (Wildman–Crippen LogP) is 7.88. The maximum atomic E-state index is 14.7. The minimum Gasteiger partial charge on any atom is -0.494 e. The Labute approximate surface area is 289 Å². The average Bonchev–Trinajstić information content (AvgIpc) is 3.54. The van der Waals surface area contributed by atoms with E-state index in [1.807, 2.05) is 91.0 Å². The van der Waals surface area contributed by atoms with E-state index in [4.69, 9.17) is 25.1 Å². The number of nitrogens with zero attached hydrogens (tertiary/aromatic N) is 4. The zero-order valence-electron chi connectivity index (χ0n) is 27.3. The number of ether oxygens (including phenoxy) is 2. The highest BCUT2D eigenvalue weighted by atomic mass is 19.1. The number of carbonyl (C=O) groups is 1. The van der Waals surface area contributed by atoms with E-state index in [0.717, 1.165) is 27.8 Å². The van der Waals surface area contributed by atoms with Gasteiger partial charge in [0.2, 0.25) is 5.90 Å². The second-order valence-electron chi connectivity index (χ2n) is 11.9. The number of aliphatic hydroxyl groups excluding tert-OH is 1. The minimum atomic E-state index is -1.51. The van der Waals surface area contributed by atoms with Crippen LogP contribution in [0.25, 0.3) is 21.6 Å². The lowest BCUT2D eigenvalue weighted by atomic mass is 9.80. The molecule has 0 aromatic heterocycles. The van der Waals surface area contributed by atoms with Gasteiger partial charge in [-0.15, -0.1) is 0 Å². The van der Waals surface area contributed by atoms with Crippen LogP contribution in [-0.2, 0) is 29.0 Å². The number of aliphatic imine (C=N–C) groups is 1. The molecule has 1 aliphatic rings. The van der Waals surface area contributed by atoms with Crippen LogP contribution in [0, 0.1) is 5.82 Å². The fourth-order valence-corrected chi connectivity index (χ4v) is 6.03. The molecule has 2 N–H and O–H groups in total. The van der Waals surface area contributed by atoms with Crippen LogP contribution in [0.15, 0.2) is 138 Å². The van der Waals surface area contributed by atoms with Crippen molar-refractivity contribution in [2.75, 3.05) is 13.2 Å². The van der Waals surface area contributed by atoms with Gasteiger partial charge >= 0.3 is 0 Å². The van der Waals surface area contributed by atoms with E-state index < -0.39 is 23.4 Å². The second kappa shape index (κ2) is 16.0. The van der Waals surface area contributed by atoms with E-state index in [1.165, 1.54) is 12.1 Å². The van der Waals surface area contributed by atoms with Gasteiger partial charge in [-0.05, 0) is 75.3 Å². The number of halogens is 1. The van der Waals surface area contributed by atoms with E-state index in [-0.39, 0.29) is 32.0 Å². The lowest BCUT2D eigenvalue weighted by Crippen LogP contribution is -2.49. The van der Waals surface area contributed by atoms with Crippen molar-refractivity contribution in [3.8, 4) is 16.9 Å². The van der Waals surface area contributed by atoms with Crippen molar-refractivity contribution in [1.29, 1.82) is 0 Å². The first-order valence-electron chi connectivity index (χ1n) is 16.4. The van der Waals surface area contributed by atoms with E-state index >= 15 is 0 Å². The number of nitrogens with one attached hydrogen (secondary N) is 1. The first-order chi connectivity index (χ1) is 24.5. The van der Waals surface area contributed by atoms with Gasteiger partial charge in [0.1, 0.15) is 11.6 Å². The number of hydrogen-bond acceptors (Lipinski definition) is 6. The van der Waals surface area contributed by atoms with Gasteiger partial charge in [0.05, 0.1) is 13.2 Å². The highest BCUT2D eigenvalue weighted by Crippen LogP contribution is 2.43. The summed E-state index contributed by atoms with van der Waals surface area (Å²) in [5, 5.41) is 15.9. The molecule has 0 saturated heterocycles.